The number of fused-ring (bicyclic) bond motifs is 1. The maximum Gasteiger partial charge on any atom is 0.231 e. The number of hydrogen-bond donors (Lipinski definition) is 0. The van der Waals surface area contributed by atoms with Gasteiger partial charge in [-0.05, 0) is 24.0 Å². The number of aromatic nitrogens is 3. The molecule has 0 N–H and O–H groups in total. The molecular formula is C18H21N3O4S. The van der Waals surface area contributed by atoms with Gasteiger partial charge in [-0.1, -0.05) is 19.9 Å². The van der Waals surface area contributed by atoms with E-state index in [9.17, 15) is 8.42 Å². The molecule has 2 aliphatic heterocycles. The van der Waals surface area contributed by atoms with Crippen molar-refractivity contribution < 1.29 is 17.9 Å². The monoisotopic (exact) mass is 375 g/mol. The summed E-state index contributed by atoms with van der Waals surface area (Å²) >= 11 is 0. The molecular weight excluding hydrogens is 354 g/mol. The minimum atomic E-state index is -3.09. The number of allylic oxidation sites excluding steroid dienone is 1. The molecule has 0 aliphatic carbocycles. The van der Waals surface area contributed by atoms with Gasteiger partial charge in [0.1, 0.15) is 5.82 Å². The van der Waals surface area contributed by atoms with E-state index in [1.165, 1.54) is 5.41 Å². The predicted molar refractivity (Wildman–Crippen MR) is 96.1 cm³/mol. The maximum absolute atomic E-state index is 11.7. The van der Waals surface area contributed by atoms with Crippen LogP contribution in [0.1, 0.15) is 25.5 Å². The number of rotatable bonds is 5. The Labute approximate surface area is 152 Å². The summed E-state index contributed by atoms with van der Waals surface area (Å²) in [4.78, 5) is 4.68. The highest BCUT2D eigenvalue weighted by Crippen LogP contribution is 2.34. The minimum absolute atomic E-state index is 0.0798. The molecule has 1 aromatic carbocycles. The van der Waals surface area contributed by atoms with Gasteiger partial charge in [0, 0.05) is 24.3 Å². The van der Waals surface area contributed by atoms with Crippen molar-refractivity contribution in [1.29, 1.82) is 0 Å². The van der Waals surface area contributed by atoms with Gasteiger partial charge in [-0.15, -0.1) is 0 Å². The molecule has 0 bridgehead atoms. The van der Waals surface area contributed by atoms with Crippen molar-refractivity contribution in [2.24, 2.45) is 11.8 Å². The van der Waals surface area contributed by atoms with Gasteiger partial charge in [-0.3, -0.25) is 0 Å². The molecule has 0 saturated carbocycles. The van der Waals surface area contributed by atoms with Crippen LogP contribution in [-0.4, -0.2) is 35.7 Å². The van der Waals surface area contributed by atoms with Gasteiger partial charge < -0.3 is 9.47 Å². The second kappa shape index (κ2) is 6.42. The van der Waals surface area contributed by atoms with Crippen LogP contribution in [0.15, 0.2) is 29.7 Å². The van der Waals surface area contributed by atoms with Crippen LogP contribution in [0.25, 0.3) is 5.69 Å². The molecule has 8 heteroatoms. The molecule has 7 nitrogen and oxygen atoms in total. The molecule has 1 unspecified atom stereocenters. The lowest BCUT2D eigenvalue weighted by molar-refractivity contribution is 0.174. The van der Waals surface area contributed by atoms with Crippen LogP contribution < -0.4 is 9.47 Å². The van der Waals surface area contributed by atoms with E-state index in [0.717, 1.165) is 23.8 Å². The Kier molecular flexibility index (Phi) is 4.22. The third kappa shape index (κ3) is 3.46. The first kappa shape index (κ1) is 17.1. The highest BCUT2D eigenvalue weighted by Gasteiger charge is 2.25. The van der Waals surface area contributed by atoms with Crippen molar-refractivity contribution in [2.45, 2.75) is 26.7 Å². The SMILES string of the molecule is CC(C)Cc1nc(CC2C=CS(=O)(=O)C2)n(-c2ccc3c(c2)OCO3)n1. The Morgan fingerprint density at radius 3 is 2.81 bits per heavy atom. The normalized spacial score (nSPS) is 20.2. The molecule has 0 saturated heterocycles. The minimum Gasteiger partial charge on any atom is -0.454 e. The molecule has 1 aromatic heterocycles. The van der Waals surface area contributed by atoms with E-state index < -0.39 is 9.84 Å². The topological polar surface area (TPSA) is 83.3 Å². The van der Waals surface area contributed by atoms with E-state index in [2.05, 4.69) is 23.9 Å². The summed E-state index contributed by atoms with van der Waals surface area (Å²) in [7, 11) is -3.09. The fraction of sp³-hybridized carbons (Fsp3) is 0.444. The third-order valence-electron chi connectivity index (χ3n) is 4.36. The second-order valence-electron chi connectivity index (χ2n) is 7.11. The number of hydrogen-bond acceptors (Lipinski definition) is 6. The Morgan fingerprint density at radius 2 is 2.08 bits per heavy atom. The zero-order valence-electron chi connectivity index (χ0n) is 14.8. The third-order valence-corrected chi connectivity index (χ3v) is 5.82. The lowest BCUT2D eigenvalue weighted by atomic mass is 10.1. The van der Waals surface area contributed by atoms with Crippen molar-refractivity contribution in [3.05, 3.63) is 41.3 Å². The molecule has 0 radical (unpaired) electrons. The van der Waals surface area contributed by atoms with Gasteiger partial charge in [0.2, 0.25) is 6.79 Å². The molecule has 0 spiro atoms. The lowest BCUT2D eigenvalue weighted by Gasteiger charge is -2.09. The van der Waals surface area contributed by atoms with Crippen molar-refractivity contribution >= 4 is 9.84 Å². The molecule has 1 atom stereocenters. The van der Waals surface area contributed by atoms with Crippen LogP contribution in [0.3, 0.4) is 0 Å². The summed E-state index contributed by atoms with van der Waals surface area (Å²) in [6, 6.07) is 5.64. The average Bonchev–Trinajstić information content (AvgIpc) is 3.25. The lowest BCUT2D eigenvalue weighted by Crippen LogP contribution is -2.12. The van der Waals surface area contributed by atoms with E-state index in [4.69, 9.17) is 9.47 Å². The second-order valence-corrected chi connectivity index (χ2v) is 9.05. The van der Waals surface area contributed by atoms with Gasteiger partial charge in [0.05, 0.1) is 11.4 Å². The fourth-order valence-corrected chi connectivity index (χ4v) is 4.60. The molecule has 2 aromatic rings. The molecule has 26 heavy (non-hydrogen) atoms. The van der Waals surface area contributed by atoms with Crippen molar-refractivity contribution in [3.8, 4) is 17.2 Å². The van der Waals surface area contributed by atoms with Gasteiger partial charge in [0.25, 0.3) is 0 Å². The van der Waals surface area contributed by atoms with E-state index >= 15 is 0 Å². The Bertz CT molecular complexity index is 963. The van der Waals surface area contributed by atoms with Crippen LogP contribution >= 0.6 is 0 Å². The quantitative estimate of drug-likeness (QED) is 0.797. The maximum atomic E-state index is 11.7. The highest BCUT2D eigenvalue weighted by molar-refractivity contribution is 7.94. The standard InChI is InChI=1S/C18H21N3O4S/c1-12(2)7-17-19-18(8-13-5-6-26(22,23)10-13)21(20-17)14-3-4-15-16(9-14)25-11-24-15/h3-6,9,12-13H,7-8,10-11H2,1-2H3. The molecule has 4 rings (SSSR count). The number of ether oxygens (including phenoxy) is 2. The smallest absolute Gasteiger partial charge is 0.231 e. The van der Waals surface area contributed by atoms with E-state index in [0.29, 0.717) is 23.8 Å². The van der Waals surface area contributed by atoms with Gasteiger partial charge in [0.15, 0.2) is 27.2 Å². The molecule has 2 aliphatic rings. The summed E-state index contributed by atoms with van der Waals surface area (Å²) in [5.41, 5.74) is 0.830. The number of sulfone groups is 1. The molecule has 3 heterocycles. The van der Waals surface area contributed by atoms with Crippen LogP contribution in [0.4, 0.5) is 0 Å². The highest BCUT2D eigenvalue weighted by atomic mass is 32.2. The van der Waals surface area contributed by atoms with E-state index in [1.807, 2.05) is 18.2 Å². The van der Waals surface area contributed by atoms with Crippen LogP contribution in [-0.2, 0) is 22.7 Å². The van der Waals surface area contributed by atoms with Crippen LogP contribution in [0, 0.1) is 11.8 Å². The Morgan fingerprint density at radius 1 is 1.27 bits per heavy atom. The molecule has 0 fully saturated rings. The average molecular weight is 375 g/mol. The summed E-state index contributed by atoms with van der Waals surface area (Å²) in [5.74, 6) is 3.38. The summed E-state index contributed by atoms with van der Waals surface area (Å²) in [6.07, 6.45) is 3.04. The van der Waals surface area contributed by atoms with Crippen LogP contribution in [0.2, 0.25) is 0 Å². The van der Waals surface area contributed by atoms with Crippen molar-refractivity contribution in [3.63, 3.8) is 0 Å². The Hall–Kier alpha value is -2.35. The van der Waals surface area contributed by atoms with Crippen LogP contribution in [0.5, 0.6) is 11.5 Å². The zero-order valence-corrected chi connectivity index (χ0v) is 15.6. The zero-order chi connectivity index (χ0) is 18.3. The first-order valence-electron chi connectivity index (χ1n) is 8.65. The van der Waals surface area contributed by atoms with Gasteiger partial charge >= 0.3 is 0 Å². The molecule has 138 valence electrons. The van der Waals surface area contributed by atoms with Crippen molar-refractivity contribution in [1.82, 2.24) is 14.8 Å². The number of benzene rings is 1. The van der Waals surface area contributed by atoms with E-state index in [1.54, 1.807) is 10.8 Å². The number of nitrogens with zero attached hydrogens (tertiary/aromatic N) is 3. The largest absolute Gasteiger partial charge is 0.454 e. The summed E-state index contributed by atoms with van der Waals surface area (Å²) < 4.78 is 36.0. The first-order chi connectivity index (χ1) is 12.4. The Balaban J connectivity index is 1.68. The van der Waals surface area contributed by atoms with Gasteiger partial charge in [-0.2, -0.15) is 5.10 Å². The summed E-state index contributed by atoms with van der Waals surface area (Å²) in [6.45, 7) is 4.45. The fourth-order valence-electron chi connectivity index (χ4n) is 3.20. The van der Waals surface area contributed by atoms with E-state index in [-0.39, 0.29) is 18.5 Å². The van der Waals surface area contributed by atoms with Gasteiger partial charge in [-0.25, -0.2) is 18.1 Å². The van der Waals surface area contributed by atoms with Crippen molar-refractivity contribution in [2.75, 3.05) is 12.5 Å². The predicted octanol–water partition coefficient (Wildman–Crippen LogP) is 2.30. The molecule has 0 amide bonds. The first-order valence-corrected chi connectivity index (χ1v) is 10.4. The summed E-state index contributed by atoms with van der Waals surface area (Å²) in [5, 5.41) is 5.96.